The molecule has 3 aliphatic rings. The van der Waals surface area contributed by atoms with Crippen LogP contribution < -0.4 is 5.32 Å². The van der Waals surface area contributed by atoms with Gasteiger partial charge in [-0.2, -0.15) is 0 Å². The lowest BCUT2D eigenvalue weighted by molar-refractivity contribution is 0.0301. The van der Waals surface area contributed by atoms with Gasteiger partial charge in [-0.3, -0.25) is 0 Å². The van der Waals surface area contributed by atoms with Crippen molar-refractivity contribution in [1.29, 1.82) is 0 Å². The van der Waals surface area contributed by atoms with Crippen LogP contribution in [0.25, 0.3) is 0 Å². The second kappa shape index (κ2) is 5.70. The molecule has 0 radical (unpaired) electrons. The number of carbonyl (C=O) groups is 1. The summed E-state index contributed by atoms with van der Waals surface area (Å²) in [6.45, 7) is 0.867. The third kappa shape index (κ3) is 2.73. The average Bonchev–Trinajstić information content (AvgIpc) is 2.83. The normalized spacial score (nSPS) is 36.1. The van der Waals surface area contributed by atoms with Crippen LogP contribution >= 0.6 is 0 Å². The van der Waals surface area contributed by atoms with Crippen molar-refractivity contribution in [3.63, 3.8) is 0 Å². The predicted octanol–water partition coefficient (Wildman–Crippen LogP) is 2.26. The first-order valence-corrected chi connectivity index (χ1v) is 8.01. The van der Waals surface area contributed by atoms with Gasteiger partial charge in [0, 0.05) is 24.5 Å². The Balaban J connectivity index is 1.61. The van der Waals surface area contributed by atoms with Crippen LogP contribution in [0, 0.1) is 5.92 Å². The van der Waals surface area contributed by atoms with Crippen molar-refractivity contribution in [2.45, 2.75) is 76.0 Å². The molecule has 1 aliphatic heterocycles. The highest BCUT2D eigenvalue weighted by atomic mass is 16.3. The third-order valence-corrected chi connectivity index (χ3v) is 5.27. The lowest BCUT2D eigenvalue weighted by atomic mass is 9.80. The van der Waals surface area contributed by atoms with E-state index in [0.717, 1.165) is 51.5 Å². The molecule has 4 heteroatoms. The number of aliphatic hydroxyl groups is 1. The molecule has 0 aromatic rings. The molecule has 0 aromatic heterocycles. The minimum absolute atomic E-state index is 0.116. The lowest BCUT2D eigenvalue weighted by Crippen LogP contribution is -2.52. The summed E-state index contributed by atoms with van der Waals surface area (Å²) in [5.74, 6) is 0.309. The summed E-state index contributed by atoms with van der Waals surface area (Å²) in [7, 11) is 0. The van der Waals surface area contributed by atoms with Gasteiger partial charge in [0.15, 0.2) is 0 Å². The zero-order valence-corrected chi connectivity index (χ0v) is 11.7. The quantitative estimate of drug-likeness (QED) is 0.805. The Kier molecular flexibility index (Phi) is 3.96. The van der Waals surface area contributed by atoms with Gasteiger partial charge in [0.1, 0.15) is 0 Å². The van der Waals surface area contributed by atoms with Crippen molar-refractivity contribution < 1.29 is 9.90 Å². The van der Waals surface area contributed by atoms with E-state index in [4.69, 9.17) is 0 Å². The number of hydrogen-bond donors (Lipinski definition) is 2. The average molecular weight is 266 g/mol. The van der Waals surface area contributed by atoms with Crippen molar-refractivity contribution >= 4 is 6.03 Å². The van der Waals surface area contributed by atoms with Gasteiger partial charge in [0.2, 0.25) is 0 Å². The molecule has 3 atom stereocenters. The summed E-state index contributed by atoms with van der Waals surface area (Å²) < 4.78 is 0. The second-order valence-electron chi connectivity index (χ2n) is 6.50. The molecule has 3 fully saturated rings. The van der Waals surface area contributed by atoms with Gasteiger partial charge in [0.05, 0.1) is 6.10 Å². The maximum atomic E-state index is 12.3. The van der Waals surface area contributed by atoms with Gasteiger partial charge in [0.25, 0.3) is 0 Å². The molecule has 2 saturated carbocycles. The zero-order valence-electron chi connectivity index (χ0n) is 11.7. The largest absolute Gasteiger partial charge is 0.393 e. The number of aliphatic hydroxyl groups excluding tert-OH is 1. The van der Waals surface area contributed by atoms with Crippen molar-refractivity contribution in [2.24, 2.45) is 5.92 Å². The number of amides is 2. The Morgan fingerprint density at radius 2 is 1.79 bits per heavy atom. The second-order valence-corrected chi connectivity index (χ2v) is 6.50. The summed E-state index contributed by atoms with van der Waals surface area (Å²) in [6, 6.07) is 0.797. The summed E-state index contributed by atoms with van der Waals surface area (Å²) >= 11 is 0. The molecule has 3 rings (SSSR count). The number of carbonyl (C=O) groups excluding carboxylic acids is 1. The summed E-state index contributed by atoms with van der Waals surface area (Å²) in [4.78, 5) is 14.4. The number of likely N-dealkylation sites (tertiary alicyclic amines) is 1. The number of nitrogens with one attached hydrogen (secondary N) is 1. The van der Waals surface area contributed by atoms with Gasteiger partial charge in [-0.15, -0.1) is 0 Å². The van der Waals surface area contributed by atoms with Crippen LogP contribution in [0.3, 0.4) is 0 Å². The number of rotatable bonds is 2. The smallest absolute Gasteiger partial charge is 0.317 e. The molecular weight excluding hydrogens is 240 g/mol. The Morgan fingerprint density at radius 3 is 2.47 bits per heavy atom. The number of hydrogen-bond acceptors (Lipinski definition) is 2. The van der Waals surface area contributed by atoms with Crippen LogP contribution in [0.5, 0.6) is 0 Å². The maximum absolute atomic E-state index is 12.3. The molecule has 4 nitrogen and oxygen atoms in total. The third-order valence-electron chi connectivity index (χ3n) is 5.27. The molecule has 108 valence electrons. The Morgan fingerprint density at radius 1 is 1.00 bits per heavy atom. The van der Waals surface area contributed by atoms with Crippen LogP contribution in [-0.2, 0) is 0 Å². The van der Waals surface area contributed by atoms with E-state index in [2.05, 4.69) is 5.32 Å². The first kappa shape index (κ1) is 13.2. The maximum Gasteiger partial charge on any atom is 0.317 e. The van der Waals surface area contributed by atoms with Crippen molar-refractivity contribution in [3.8, 4) is 0 Å². The van der Waals surface area contributed by atoms with E-state index >= 15 is 0 Å². The molecule has 0 spiro atoms. The molecule has 19 heavy (non-hydrogen) atoms. The van der Waals surface area contributed by atoms with Crippen LogP contribution in [0.2, 0.25) is 0 Å². The van der Waals surface area contributed by atoms with Crippen molar-refractivity contribution in [2.75, 3.05) is 6.54 Å². The first-order valence-electron chi connectivity index (χ1n) is 8.01. The van der Waals surface area contributed by atoms with Gasteiger partial charge >= 0.3 is 6.03 Å². The molecule has 1 heterocycles. The zero-order chi connectivity index (χ0) is 13.2. The molecule has 0 aromatic carbocycles. The fourth-order valence-corrected chi connectivity index (χ4v) is 3.89. The van der Waals surface area contributed by atoms with E-state index in [9.17, 15) is 9.90 Å². The summed E-state index contributed by atoms with van der Waals surface area (Å²) in [5, 5.41) is 13.4. The Labute approximate surface area is 115 Å². The highest BCUT2D eigenvalue weighted by molar-refractivity contribution is 5.75. The van der Waals surface area contributed by atoms with E-state index in [0.29, 0.717) is 12.0 Å². The fraction of sp³-hybridized carbons (Fsp3) is 0.933. The SMILES string of the molecule is O=C(NC1CCC1)N1CCCC1C1CCCCC1O. The van der Waals surface area contributed by atoms with Crippen LogP contribution in [0.4, 0.5) is 4.79 Å². The molecular formula is C15H26N2O2. The van der Waals surface area contributed by atoms with Crippen molar-refractivity contribution in [1.82, 2.24) is 10.2 Å². The predicted molar refractivity (Wildman–Crippen MR) is 73.9 cm³/mol. The molecule has 1 saturated heterocycles. The monoisotopic (exact) mass is 266 g/mol. The highest BCUT2D eigenvalue weighted by Gasteiger charge is 2.39. The molecule has 2 N–H and O–H groups in total. The standard InChI is InChI=1S/C15H26N2O2/c18-14-9-2-1-7-12(14)13-8-4-10-17(13)15(19)16-11-5-3-6-11/h11-14,18H,1-10H2,(H,16,19). The molecule has 3 unspecified atom stereocenters. The topological polar surface area (TPSA) is 52.6 Å². The molecule has 2 aliphatic carbocycles. The minimum atomic E-state index is -0.198. The van der Waals surface area contributed by atoms with Crippen LogP contribution in [0.1, 0.15) is 57.8 Å². The summed E-state index contributed by atoms with van der Waals surface area (Å²) in [5.41, 5.74) is 0. The lowest BCUT2D eigenvalue weighted by Gasteiger charge is -2.38. The van der Waals surface area contributed by atoms with E-state index in [1.807, 2.05) is 4.90 Å². The Hall–Kier alpha value is -0.770. The summed E-state index contributed by atoms with van der Waals surface area (Å²) in [6.07, 6.45) is 9.82. The minimum Gasteiger partial charge on any atom is -0.393 e. The van der Waals surface area contributed by atoms with E-state index < -0.39 is 0 Å². The van der Waals surface area contributed by atoms with Crippen LogP contribution in [0.15, 0.2) is 0 Å². The van der Waals surface area contributed by atoms with E-state index in [1.54, 1.807) is 0 Å². The van der Waals surface area contributed by atoms with Crippen LogP contribution in [-0.4, -0.2) is 40.8 Å². The number of urea groups is 1. The fourth-order valence-electron chi connectivity index (χ4n) is 3.89. The highest BCUT2D eigenvalue weighted by Crippen LogP contribution is 2.34. The van der Waals surface area contributed by atoms with Crippen molar-refractivity contribution in [3.05, 3.63) is 0 Å². The number of nitrogens with zero attached hydrogens (tertiary/aromatic N) is 1. The van der Waals surface area contributed by atoms with E-state index in [1.165, 1.54) is 12.8 Å². The van der Waals surface area contributed by atoms with E-state index in [-0.39, 0.29) is 18.2 Å². The Bertz CT molecular complexity index is 330. The van der Waals surface area contributed by atoms with Gasteiger partial charge in [-0.1, -0.05) is 12.8 Å². The van der Waals surface area contributed by atoms with Gasteiger partial charge in [-0.25, -0.2) is 4.79 Å². The van der Waals surface area contributed by atoms with Gasteiger partial charge in [-0.05, 0) is 44.9 Å². The van der Waals surface area contributed by atoms with Gasteiger partial charge < -0.3 is 15.3 Å². The molecule has 2 amide bonds. The molecule has 0 bridgehead atoms. The first-order chi connectivity index (χ1) is 9.25.